The Morgan fingerprint density at radius 2 is 2.00 bits per heavy atom. The molecule has 1 heterocycles. The van der Waals surface area contributed by atoms with Crippen molar-refractivity contribution in [2.45, 2.75) is 33.1 Å². The van der Waals surface area contributed by atoms with Crippen molar-refractivity contribution in [3.05, 3.63) is 35.4 Å². The van der Waals surface area contributed by atoms with Crippen LogP contribution >= 0.6 is 24.0 Å². The lowest BCUT2D eigenvalue weighted by atomic mass is 9.97. The number of esters is 1. The van der Waals surface area contributed by atoms with Gasteiger partial charge < -0.3 is 15.0 Å². The molecule has 1 saturated heterocycles. The number of guanidine groups is 1. The fourth-order valence-corrected chi connectivity index (χ4v) is 3.03. The summed E-state index contributed by atoms with van der Waals surface area (Å²) < 4.78 is 32.0. The molecule has 1 aliphatic heterocycles. The van der Waals surface area contributed by atoms with E-state index in [9.17, 15) is 13.6 Å². The highest BCUT2D eigenvalue weighted by molar-refractivity contribution is 14.0. The van der Waals surface area contributed by atoms with Crippen molar-refractivity contribution in [2.24, 2.45) is 10.9 Å². The first kappa shape index (κ1) is 23.6. The summed E-state index contributed by atoms with van der Waals surface area (Å²) in [6.45, 7) is 6.69. The Bertz CT molecular complexity index is 635. The molecule has 27 heavy (non-hydrogen) atoms. The minimum absolute atomic E-state index is 0. The van der Waals surface area contributed by atoms with Gasteiger partial charge in [0.25, 0.3) is 0 Å². The zero-order valence-electron chi connectivity index (χ0n) is 15.8. The third kappa shape index (κ3) is 7.23. The molecule has 1 aromatic rings. The largest absolute Gasteiger partial charge is 0.466 e. The molecule has 0 spiro atoms. The lowest BCUT2D eigenvalue weighted by Crippen LogP contribution is -2.46. The predicted octanol–water partition coefficient (Wildman–Crippen LogP) is 3.37. The summed E-state index contributed by atoms with van der Waals surface area (Å²) >= 11 is 0. The first-order valence-electron chi connectivity index (χ1n) is 9.19. The second-order valence-corrected chi connectivity index (χ2v) is 6.23. The van der Waals surface area contributed by atoms with E-state index in [1.54, 1.807) is 0 Å². The van der Waals surface area contributed by atoms with Gasteiger partial charge in [-0.3, -0.25) is 9.79 Å². The Labute approximate surface area is 176 Å². The van der Waals surface area contributed by atoms with Crippen LogP contribution in [-0.2, 0) is 16.0 Å². The molecular formula is C19H28F2IN3O2. The first-order chi connectivity index (χ1) is 12.5. The Morgan fingerprint density at radius 3 is 2.63 bits per heavy atom. The second-order valence-electron chi connectivity index (χ2n) is 6.23. The molecule has 0 radical (unpaired) electrons. The molecule has 0 saturated carbocycles. The Balaban J connectivity index is 0.00000364. The molecule has 8 heteroatoms. The molecular weight excluding hydrogens is 467 g/mol. The van der Waals surface area contributed by atoms with Crippen molar-refractivity contribution in [3.63, 3.8) is 0 Å². The van der Waals surface area contributed by atoms with E-state index in [1.807, 2.05) is 13.8 Å². The van der Waals surface area contributed by atoms with Crippen LogP contribution in [0, 0.1) is 17.6 Å². The molecule has 1 aromatic carbocycles. The van der Waals surface area contributed by atoms with Crippen LogP contribution in [0.2, 0.25) is 0 Å². The highest BCUT2D eigenvalue weighted by Crippen LogP contribution is 2.19. The molecule has 1 aliphatic rings. The minimum Gasteiger partial charge on any atom is -0.466 e. The number of aliphatic imine (C=N–C) groups is 1. The van der Waals surface area contributed by atoms with Crippen LogP contribution in [0.25, 0.3) is 0 Å². The molecule has 1 fully saturated rings. The van der Waals surface area contributed by atoms with Crippen molar-refractivity contribution < 1.29 is 18.3 Å². The number of benzene rings is 1. The summed E-state index contributed by atoms with van der Waals surface area (Å²) in [5, 5.41) is 3.23. The number of likely N-dealkylation sites (tertiary alicyclic amines) is 1. The third-order valence-electron chi connectivity index (χ3n) is 4.40. The quantitative estimate of drug-likeness (QED) is 0.285. The molecule has 5 nitrogen and oxygen atoms in total. The van der Waals surface area contributed by atoms with Crippen LogP contribution in [0.4, 0.5) is 8.78 Å². The van der Waals surface area contributed by atoms with Crippen LogP contribution in [0.5, 0.6) is 0 Å². The first-order valence-corrected chi connectivity index (χ1v) is 9.19. The van der Waals surface area contributed by atoms with Crippen LogP contribution in [0.1, 0.15) is 32.3 Å². The number of piperidine rings is 1. The highest BCUT2D eigenvalue weighted by Gasteiger charge is 2.27. The molecule has 2 rings (SSSR count). The second kappa shape index (κ2) is 12.1. The number of nitrogens with zero attached hydrogens (tertiary/aromatic N) is 2. The Kier molecular flexibility index (Phi) is 10.6. The van der Waals surface area contributed by atoms with E-state index >= 15 is 0 Å². The average molecular weight is 495 g/mol. The van der Waals surface area contributed by atoms with Crippen molar-refractivity contribution in [1.82, 2.24) is 10.2 Å². The van der Waals surface area contributed by atoms with Gasteiger partial charge in [0.1, 0.15) is 11.6 Å². The van der Waals surface area contributed by atoms with Crippen LogP contribution in [0.3, 0.4) is 0 Å². The number of carbonyl (C=O) groups excluding carboxylic acids is 1. The van der Waals surface area contributed by atoms with E-state index in [2.05, 4.69) is 15.2 Å². The van der Waals surface area contributed by atoms with Crippen molar-refractivity contribution in [3.8, 4) is 0 Å². The number of nitrogens with one attached hydrogen (secondary N) is 1. The van der Waals surface area contributed by atoms with E-state index in [1.165, 1.54) is 6.07 Å². The van der Waals surface area contributed by atoms with Gasteiger partial charge in [0, 0.05) is 26.2 Å². The third-order valence-corrected chi connectivity index (χ3v) is 4.40. The summed E-state index contributed by atoms with van der Waals surface area (Å²) in [5.41, 5.74) is 0.325. The van der Waals surface area contributed by atoms with Gasteiger partial charge in [-0.1, -0.05) is 0 Å². The molecule has 0 unspecified atom stereocenters. The summed E-state index contributed by atoms with van der Waals surface area (Å²) in [5.74, 6) is -0.307. The summed E-state index contributed by atoms with van der Waals surface area (Å²) in [6, 6.07) is 3.46. The molecule has 0 bridgehead atoms. The van der Waals surface area contributed by atoms with E-state index in [0.29, 0.717) is 44.8 Å². The molecule has 152 valence electrons. The highest BCUT2D eigenvalue weighted by atomic mass is 127. The number of carbonyl (C=O) groups is 1. The average Bonchev–Trinajstić information content (AvgIpc) is 2.64. The monoisotopic (exact) mass is 495 g/mol. The van der Waals surface area contributed by atoms with Gasteiger partial charge >= 0.3 is 5.97 Å². The number of ether oxygens (including phenoxy) is 1. The van der Waals surface area contributed by atoms with Gasteiger partial charge in [-0.2, -0.15) is 0 Å². The van der Waals surface area contributed by atoms with Crippen LogP contribution < -0.4 is 5.32 Å². The van der Waals surface area contributed by atoms with Gasteiger partial charge in [-0.15, -0.1) is 24.0 Å². The van der Waals surface area contributed by atoms with Gasteiger partial charge in [0.2, 0.25) is 0 Å². The molecule has 0 aromatic heterocycles. The van der Waals surface area contributed by atoms with Gasteiger partial charge in [0.05, 0.1) is 12.5 Å². The SMILES string of the molecule is CCNC(=NCCc1cc(F)ccc1F)N1CCC(C(=O)OCC)CC1.I. The predicted molar refractivity (Wildman–Crippen MR) is 112 cm³/mol. The zero-order chi connectivity index (χ0) is 18.9. The van der Waals surface area contributed by atoms with Gasteiger partial charge in [-0.05, 0) is 56.9 Å². The standard InChI is InChI=1S/C19H27F2N3O2.HI/c1-3-22-19(23-10-7-15-13-16(20)5-6-17(15)21)24-11-8-14(9-12-24)18(25)26-4-2;/h5-6,13-14H,3-4,7-12H2,1-2H3,(H,22,23);1H. The minimum atomic E-state index is -0.446. The van der Waals surface area contributed by atoms with Gasteiger partial charge in [0.15, 0.2) is 5.96 Å². The number of hydrogen-bond donors (Lipinski definition) is 1. The maximum Gasteiger partial charge on any atom is 0.309 e. The van der Waals surface area contributed by atoms with Crippen LogP contribution in [-0.4, -0.2) is 49.6 Å². The van der Waals surface area contributed by atoms with E-state index in [-0.39, 0.29) is 35.9 Å². The number of hydrogen-bond acceptors (Lipinski definition) is 3. The summed E-state index contributed by atoms with van der Waals surface area (Å²) in [4.78, 5) is 18.5. The lowest BCUT2D eigenvalue weighted by Gasteiger charge is -2.33. The molecule has 1 N–H and O–H groups in total. The Morgan fingerprint density at radius 1 is 1.30 bits per heavy atom. The maximum absolute atomic E-state index is 13.7. The zero-order valence-corrected chi connectivity index (χ0v) is 18.2. The van der Waals surface area contributed by atoms with Crippen molar-refractivity contribution in [1.29, 1.82) is 0 Å². The Hall–Kier alpha value is -1.45. The summed E-state index contributed by atoms with van der Waals surface area (Å²) in [6.07, 6.45) is 1.78. The normalized spacial score (nSPS) is 15.3. The summed E-state index contributed by atoms with van der Waals surface area (Å²) in [7, 11) is 0. The van der Waals surface area contributed by atoms with Crippen molar-refractivity contribution >= 4 is 35.9 Å². The smallest absolute Gasteiger partial charge is 0.309 e. The molecule has 0 amide bonds. The van der Waals surface area contributed by atoms with Gasteiger partial charge in [-0.25, -0.2) is 8.78 Å². The maximum atomic E-state index is 13.7. The van der Waals surface area contributed by atoms with Crippen LogP contribution in [0.15, 0.2) is 23.2 Å². The number of rotatable bonds is 6. The van der Waals surface area contributed by atoms with Crippen molar-refractivity contribution in [2.75, 3.05) is 32.8 Å². The lowest BCUT2D eigenvalue weighted by molar-refractivity contribution is -0.149. The van der Waals surface area contributed by atoms with E-state index < -0.39 is 11.6 Å². The molecule has 0 aliphatic carbocycles. The number of halogens is 3. The van der Waals surface area contributed by atoms with E-state index in [4.69, 9.17) is 4.74 Å². The molecule has 0 atom stereocenters. The van der Waals surface area contributed by atoms with E-state index in [0.717, 1.165) is 30.9 Å². The topological polar surface area (TPSA) is 53.9 Å². The fourth-order valence-electron chi connectivity index (χ4n) is 3.03. The fraction of sp³-hybridized carbons (Fsp3) is 0.579.